The molecule has 1 heterocycles. The van der Waals surface area contributed by atoms with Gasteiger partial charge in [0.05, 0.1) is 10.3 Å². The summed E-state index contributed by atoms with van der Waals surface area (Å²) in [5, 5.41) is 10.0. The Morgan fingerprint density at radius 1 is 1.17 bits per heavy atom. The van der Waals surface area contributed by atoms with E-state index in [9.17, 15) is 18.3 Å². The number of aromatic hydroxyl groups is 1. The molecule has 0 fully saturated rings. The fourth-order valence-corrected chi connectivity index (χ4v) is 3.54. The Morgan fingerprint density at radius 3 is 2.50 bits per heavy atom. The molecular formula is C17H14N2O4S. The van der Waals surface area contributed by atoms with Crippen LogP contribution in [0.1, 0.15) is 12.5 Å². The lowest BCUT2D eigenvalue weighted by atomic mass is 10.0. The summed E-state index contributed by atoms with van der Waals surface area (Å²) in [6.07, 6.45) is 1.35. The molecule has 24 heavy (non-hydrogen) atoms. The number of rotatable bonds is 3. The second-order valence-corrected chi connectivity index (χ2v) is 7.09. The van der Waals surface area contributed by atoms with E-state index in [4.69, 9.17) is 0 Å². The molecule has 2 aromatic rings. The van der Waals surface area contributed by atoms with Gasteiger partial charge in [-0.25, -0.2) is 13.4 Å². The number of carbonyl (C=O) groups excluding carboxylic acids is 1. The Kier molecular flexibility index (Phi) is 3.73. The highest BCUT2D eigenvalue weighted by atomic mass is 32.2. The molecule has 0 spiro atoms. The molecule has 2 aromatic carbocycles. The molecule has 0 aromatic heterocycles. The topological polar surface area (TPSA) is 95.8 Å². The van der Waals surface area contributed by atoms with Crippen molar-refractivity contribution in [2.75, 3.05) is 4.72 Å². The first-order valence-electron chi connectivity index (χ1n) is 7.02. The zero-order chi connectivity index (χ0) is 17.5. The molecule has 0 saturated carbocycles. The maximum absolute atomic E-state index is 12.6. The number of amides is 1. The average molecular weight is 342 g/mol. The van der Waals surface area contributed by atoms with Crippen LogP contribution in [0.5, 0.6) is 5.75 Å². The normalized spacial score (nSPS) is 13.7. The van der Waals surface area contributed by atoms with Crippen molar-refractivity contribution >= 4 is 33.8 Å². The van der Waals surface area contributed by atoms with Crippen LogP contribution in [0.3, 0.4) is 0 Å². The molecule has 0 saturated heterocycles. The quantitative estimate of drug-likeness (QED) is 0.819. The van der Waals surface area contributed by atoms with E-state index in [1.165, 1.54) is 42.5 Å². The molecule has 0 aliphatic carbocycles. The van der Waals surface area contributed by atoms with Crippen molar-refractivity contribution in [3.8, 4) is 5.75 Å². The fourth-order valence-electron chi connectivity index (χ4n) is 2.40. The molecule has 0 bridgehead atoms. The number of hydrogen-bond acceptors (Lipinski definition) is 4. The molecule has 0 atom stereocenters. The lowest BCUT2D eigenvalue weighted by Crippen LogP contribution is -2.32. The van der Waals surface area contributed by atoms with Crippen LogP contribution in [-0.2, 0) is 14.8 Å². The van der Waals surface area contributed by atoms with E-state index in [2.05, 4.69) is 16.3 Å². The summed E-state index contributed by atoms with van der Waals surface area (Å²) in [6, 6.07) is 8.51. The van der Waals surface area contributed by atoms with Crippen molar-refractivity contribution in [3.63, 3.8) is 0 Å². The highest BCUT2D eigenvalue weighted by Crippen LogP contribution is 2.20. The number of sulfonamides is 1. The summed E-state index contributed by atoms with van der Waals surface area (Å²) >= 11 is 0. The number of nitrogens with one attached hydrogen (secondary N) is 1. The van der Waals surface area contributed by atoms with Crippen molar-refractivity contribution in [2.45, 2.75) is 11.8 Å². The number of carbonyl (C=O) groups is 1. The molecule has 6 nitrogen and oxygen atoms in total. The Bertz CT molecular complexity index is 1080. The van der Waals surface area contributed by atoms with Gasteiger partial charge in [-0.1, -0.05) is 6.58 Å². The van der Waals surface area contributed by atoms with Gasteiger partial charge in [0, 0.05) is 17.3 Å². The third-order valence-electron chi connectivity index (χ3n) is 3.58. The number of anilines is 1. The molecule has 0 radical (unpaired) electrons. The van der Waals surface area contributed by atoms with Gasteiger partial charge in [-0.2, -0.15) is 0 Å². The first-order valence-corrected chi connectivity index (χ1v) is 8.51. The Labute approximate surface area is 138 Å². The van der Waals surface area contributed by atoms with Gasteiger partial charge in [0.2, 0.25) is 0 Å². The van der Waals surface area contributed by atoms with Crippen LogP contribution in [0, 0.1) is 0 Å². The van der Waals surface area contributed by atoms with Gasteiger partial charge in [-0.05, 0) is 54.1 Å². The number of fused-ring (bicyclic) bond motifs is 1. The van der Waals surface area contributed by atoms with Crippen LogP contribution in [0.15, 0.2) is 52.4 Å². The summed E-state index contributed by atoms with van der Waals surface area (Å²) < 4.78 is 27.6. The Morgan fingerprint density at radius 2 is 1.83 bits per heavy atom. The first kappa shape index (κ1) is 15.9. The van der Waals surface area contributed by atoms with E-state index < -0.39 is 10.0 Å². The monoisotopic (exact) mass is 342 g/mol. The number of allylic oxidation sites excluding steroid dienone is 1. The van der Waals surface area contributed by atoms with Gasteiger partial charge in [-0.15, -0.1) is 0 Å². The van der Waals surface area contributed by atoms with Crippen LogP contribution in [0.2, 0.25) is 0 Å². The summed E-state index contributed by atoms with van der Waals surface area (Å²) in [5.74, 6) is -0.346. The van der Waals surface area contributed by atoms with E-state index >= 15 is 0 Å². The van der Waals surface area contributed by atoms with E-state index in [1.54, 1.807) is 6.92 Å². The number of phenolic OH excluding ortho intramolecular Hbond substituents is 1. The molecule has 122 valence electrons. The van der Waals surface area contributed by atoms with Crippen LogP contribution in [-0.4, -0.2) is 19.4 Å². The lowest BCUT2D eigenvalue weighted by Gasteiger charge is -2.12. The minimum absolute atomic E-state index is 0.0247. The van der Waals surface area contributed by atoms with Crippen molar-refractivity contribution < 1.29 is 18.3 Å². The van der Waals surface area contributed by atoms with E-state index in [-0.39, 0.29) is 16.6 Å². The van der Waals surface area contributed by atoms with Gasteiger partial charge in [0.25, 0.3) is 15.9 Å². The zero-order valence-corrected chi connectivity index (χ0v) is 13.6. The smallest absolute Gasteiger partial charge is 0.270 e. The highest BCUT2D eigenvalue weighted by Gasteiger charge is 2.18. The van der Waals surface area contributed by atoms with Crippen LogP contribution in [0.25, 0.3) is 12.2 Å². The third-order valence-corrected chi connectivity index (χ3v) is 4.94. The highest BCUT2D eigenvalue weighted by molar-refractivity contribution is 7.92. The maximum atomic E-state index is 12.6. The van der Waals surface area contributed by atoms with Gasteiger partial charge in [0.15, 0.2) is 0 Å². The van der Waals surface area contributed by atoms with Crippen molar-refractivity contribution in [2.24, 2.45) is 4.99 Å². The summed E-state index contributed by atoms with van der Waals surface area (Å²) in [7, 11) is -3.84. The van der Waals surface area contributed by atoms with E-state index in [0.29, 0.717) is 27.4 Å². The lowest BCUT2D eigenvalue weighted by molar-refractivity contribution is -0.113. The fraction of sp³-hybridized carbons (Fsp3) is 0.0588. The van der Waals surface area contributed by atoms with Crippen molar-refractivity contribution in [1.82, 2.24) is 0 Å². The summed E-state index contributed by atoms with van der Waals surface area (Å²) in [5.41, 5.74) is 1.52. The van der Waals surface area contributed by atoms with Gasteiger partial charge < -0.3 is 5.11 Å². The van der Waals surface area contributed by atoms with Gasteiger partial charge in [0.1, 0.15) is 5.75 Å². The largest absolute Gasteiger partial charge is 0.508 e. The standard InChI is InChI=1S/C17H14N2O4S/c1-10-8-16(21)18-17-11(2)7-14(9-15(10)17)24(22,23)19-12-3-5-13(20)6-4-12/h3-9,19-20H,2H2,1H3. The Hall–Kier alpha value is -2.93. The average Bonchev–Trinajstić information content (AvgIpc) is 2.50. The molecule has 1 amide bonds. The minimum atomic E-state index is -3.84. The molecule has 1 aliphatic heterocycles. The number of benzene rings is 2. The number of nitrogens with zero attached hydrogens (tertiary/aromatic N) is 1. The first-order chi connectivity index (χ1) is 11.3. The van der Waals surface area contributed by atoms with Gasteiger partial charge in [-0.3, -0.25) is 9.52 Å². The molecule has 7 heteroatoms. The Balaban J connectivity index is 2.09. The van der Waals surface area contributed by atoms with E-state index in [1.807, 2.05) is 0 Å². The van der Waals surface area contributed by atoms with Gasteiger partial charge >= 0.3 is 0 Å². The SMILES string of the molecule is C=c1cc(S(=O)(=O)Nc2ccc(O)cc2)cc2c1=NC(=O)C=C2C. The third kappa shape index (κ3) is 2.93. The predicted octanol–water partition coefficient (Wildman–Crippen LogP) is 1.17. The zero-order valence-electron chi connectivity index (χ0n) is 12.8. The van der Waals surface area contributed by atoms with E-state index in [0.717, 1.165) is 0 Å². The summed E-state index contributed by atoms with van der Waals surface area (Å²) in [6.45, 7) is 5.51. The number of phenols is 1. The second-order valence-electron chi connectivity index (χ2n) is 5.41. The van der Waals surface area contributed by atoms with Crippen LogP contribution in [0.4, 0.5) is 5.69 Å². The molecule has 3 rings (SSSR count). The molecule has 1 aliphatic rings. The molecular weight excluding hydrogens is 328 g/mol. The predicted molar refractivity (Wildman–Crippen MR) is 90.3 cm³/mol. The minimum Gasteiger partial charge on any atom is -0.508 e. The number of hydrogen-bond donors (Lipinski definition) is 2. The molecule has 2 N–H and O–H groups in total. The van der Waals surface area contributed by atoms with Crippen molar-refractivity contribution in [3.05, 3.63) is 58.6 Å². The molecule has 0 unspecified atom stereocenters. The van der Waals surface area contributed by atoms with Crippen LogP contribution >= 0.6 is 0 Å². The van der Waals surface area contributed by atoms with Crippen LogP contribution < -0.4 is 15.3 Å². The second kappa shape index (κ2) is 5.61. The maximum Gasteiger partial charge on any atom is 0.270 e. The summed E-state index contributed by atoms with van der Waals surface area (Å²) in [4.78, 5) is 15.4. The van der Waals surface area contributed by atoms with Crippen molar-refractivity contribution in [1.29, 1.82) is 0 Å².